The number of hydrogen-bond donors (Lipinski definition) is 1. The summed E-state index contributed by atoms with van der Waals surface area (Å²) in [5.74, 6) is 0.140. The van der Waals surface area contributed by atoms with Gasteiger partial charge in [0.15, 0.2) is 0 Å². The van der Waals surface area contributed by atoms with Crippen molar-refractivity contribution in [3.05, 3.63) is 30.1 Å². The molecule has 0 bridgehead atoms. The first kappa shape index (κ1) is 20.2. The molecule has 1 amide bonds. The van der Waals surface area contributed by atoms with Crippen molar-refractivity contribution >= 4 is 30.7 Å². The van der Waals surface area contributed by atoms with Crippen LogP contribution in [0.3, 0.4) is 0 Å². The van der Waals surface area contributed by atoms with E-state index >= 15 is 0 Å². The number of likely N-dealkylation sites (tertiary alicyclic amines) is 1. The zero-order valence-electron chi connectivity index (χ0n) is 13.5. The van der Waals surface area contributed by atoms with E-state index in [0.717, 1.165) is 51.3 Å². The Kier molecular flexibility index (Phi) is 8.26. The molecule has 0 aromatic carbocycles. The van der Waals surface area contributed by atoms with Crippen LogP contribution in [0.4, 0.5) is 0 Å². The summed E-state index contributed by atoms with van der Waals surface area (Å²) in [5.41, 5.74) is 1.01. The molecular formula is C16H26Cl2N4O. The van der Waals surface area contributed by atoms with Gasteiger partial charge in [0.2, 0.25) is 5.91 Å². The highest BCUT2D eigenvalue weighted by atomic mass is 35.5. The Hall–Kier alpha value is -0.880. The zero-order valence-corrected chi connectivity index (χ0v) is 15.1. The van der Waals surface area contributed by atoms with Crippen LogP contribution < -0.4 is 5.32 Å². The molecule has 2 unspecified atom stereocenters. The summed E-state index contributed by atoms with van der Waals surface area (Å²) in [6.07, 6.45) is 4.65. The number of hydrogen-bond acceptors (Lipinski definition) is 4. The Balaban J connectivity index is 0.00000132. The monoisotopic (exact) mass is 360 g/mol. The van der Waals surface area contributed by atoms with E-state index < -0.39 is 0 Å². The molecule has 2 fully saturated rings. The molecule has 0 aliphatic carbocycles. The number of carbonyl (C=O) groups excluding carboxylic acids is 1. The van der Waals surface area contributed by atoms with E-state index in [1.807, 2.05) is 24.0 Å². The molecule has 2 atom stereocenters. The fraction of sp³-hybridized carbons (Fsp3) is 0.625. The van der Waals surface area contributed by atoms with Gasteiger partial charge in [-0.2, -0.15) is 0 Å². The SMILES string of the molecule is CC(C(=O)N1CCC(N2CCNCC2)C1)c1cccnc1.Cl.Cl. The van der Waals surface area contributed by atoms with E-state index in [4.69, 9.17) is 0 Å². The van der Waals surface area contributed by atoms with Crippen molar-refractivity contribution in [2.75, 3.05) is 39.3 Å². The van der Waals surface area contributed by atoms with Gasteiger partial charge in [0.1, 0.15) is 0 Å². The van der Waals surface area contributed by atoms with E-state index in [1.54, 1.807) is 12.4 Å². The highest BCUT2D eigenvalue weighted by molar-refractivity contribution is 5.85. The summed E-state index contributed by atoms with van der Waals surface area (Å²) >= 11 is 0. The second-order valence-corrected chi connectivity index (χ2v) is 6.02. The summed E-state index contributed by atoms with van der Waals surface area (Å²) < 4.78 is 0. The number of nitrogens with one attached hydrogen (secondary N) is 1. The Morgan fingerprint density at radius 1 is 1.30 bits per heavy atom. The third-order valence-corrected chi connectivity index (χ3v) is 4.70. The molecular weight excluding hydrogens is 335 g/mol. The van der Waals surface area contributed by atoms with Gasteiger partial charge in [-0.25, -0.2) is 0 Å². The van der Waals surface area contributed by atoms with Crippen LogP contribution in [0.5, 0.6) is 0 Å². The fourth-order valence-corrected chi connectivity index (χ4v) is 3.34. The van der Waals surface area contributed by atoms with E-state index in [0.29, 0.717) is 6.04 Å². The number of aromatic nitrogens is 1. The van der Waals surface area contributed by atoms with Crippen LogP contribution in [0.2, 0.25) is 0 Å². The predicted octanol–water partition coefficient (Wildman–Crippen LogP) is 1.53. The highest BCUT2D eigenvalue weighted by Crippen LogP contribution is 2.22. The maximum Gasteiger partial charge on any atom is 0.229 e. The third-order valence-electron chi connectivity index (χ3n) is 4.70. The molecule has 2 saturated heterocycles. The third kappa shape index (κ3) is 4.80. The molecule has 1 aromatic heterocycles. The maximum absolute atomic E-state index is 12.6. The molecule has 2 aliphatic heterocycles. The lowest BCUT2D eigenvalue weighted by Gasteiger charge is -2.32. The van der Waals surface area contributed by atoms with Crippen molar-refractivity contribution < 1.29 is 4.79 Å². The molecule has 3 rings (SSSR count). The number of nitrogens with zero attached hydrogens (tertiary/aromatic N) is 3. The fourth-order valence-electron chi connectivity index (χ4n) is 3.34. The largest absolute Gasteiger partial charge is 0.341 e. The first-order valence-electron chi connectivity index (χ1n) is 7.89. The Bertz CT molecular complexity index is 482. The first-order valence-corrected chi connectivity index (χ1v) is 7.89. The molecule has 23 heavy (non-hydrogen) atoms. The van der Waals surface area contributed by atoms with Gasteiger partial charge in [-0.15, -0.1) is 24.8 Å². The molecule has 2 aliphatic rings. The summed E-state index contributed by atoms with van der Waals surface area (Å²) in [7, 11) is 0. The van der Waals surface area contributed by atoms with Gasteiger partial charge < -0.3 is 10.2 Å². The Labute approximate surface area is 150 Å². The number of rotatable bonds is 3. The van der Waals surface area contributed by atoms with Crippen molar-refractivity contribution in [1.29, 1.82) is 0 Å². The van der Waals surface area contributed by atoms with E-state index in [1.165, 1.54) is 0 Å². The zero-order chi connectivity index (χ0) is 14.7. The molecule has 7 heteroatoms. The second-order valence-electron chi connectivity index (χ2n) is 6.02. The molecule has 1 aromatic rings. The van der Waals surface area contributed by atoms with Crippen molar-refractivity contribution in [2.45, 2.75) is 25.3 Å². The van der Waals surface area contributed by atoms with Gasteiger partial charge in [0, 0.05) is 57.7 Å². The first-order chi connectivity index (χ1) is 10.3. The normalized spacial score (nSPS) is 22.8. The topological polar surface area (TPSA) is 48.5 Å². The number of carbonyl (C=O) groups is 1. The summed E-state index contributed by atoms with van der Waals surface area (Å²) in [5, 5.41) is 3.38. The quantitative estimate of drug-likeness (QED) is 0.887. The van der Waals surface area contributed by atoms with Crippen LogP contribution in [0.1, 0.15) is 24.8 Å². The minimum Gasteiger partial charge on any atom is -0.341 e. The van der Waals surface area contributed by atoms with E-state index in [9.17, 15) is 4.79 Å². The minimum atomic E-state index is -0.0968. The summed E-state index contributed by atoms with van der Waals surface area (Å²) in [6.45, 7) is 8.09. The molecule has 0 radical (unpaired) electrons. The maximum atomic E-state index is 12.6. The number of pyridine rings is 1. The number of amides is 1. The standard InChI is InChI=1S/C16H24N4O.2ClH/c1-13(14-3-2-5-18-11-14)16(21)20-8-4-15(12-20)19-9-6-17-7-10-19;;/h2-3,5,11,13,15,17H,4,6-10,12H2,1H3;2*1H. The molecule has 0 spiro atoms. The Morgan fingerprint density at radius 2 is 2.04 bits per heavy atom. The van der Waals surface area contributed by atoms with Gasteiger partial charge in [-0.1, -0.05) is 6.07 Å². The highest BCUT2D eigenvalue weighted by Gasteiger charge is 2.32. The van der Waals surface area contributed by atoms with Crippen molar-refractivity contribution in [3.8, 4) is 0 Å². The lowest BCUT2D eigenvalue weighted by molar-refractivity contribution is -0.131. The van der Waals surface area contributed by atoms with Crippen LogP contribution in [0.25, 0.3) is 0 Å². The van der Waals surface area contributed by atoms with Crippen LogP contribution in [0, 0.1) is 0 Å². The van der Waals surface area contributed by atoms with E-state index in [-0.39, 0.29) is 36.6 Å². The predicted molar refractivity (Wildman–Crippen MR) is 96.6 cm³/mol. The van der Waals surface area contributed by atoms with Crippen molar-refractivity contribution in [3.63, 3.8) is 0 Å². The number of halogens is 2. The van der Waals surface area contributed by atoms with Crippen LogP contribution in [-0.2, 0) is 4.79 Å². The summed E-state index contributed by atoms with van der Waals surface area (Å²) in [4.78, 5) is 21.3. The van der Waals surface area contributed by atoms with Gasteiger partial charge in [-0.3, -0.25) is 14.7 Å². The molecule has 5 nitrogen and oxygen atoms in total. The van der Waals surface area contributed by atoms with Crippen LogP contribution >= 0.6 is 24.8 Å². The van der Waals surface area contributed by atoms with Gasteiger partial charge in [0.25, 0.3) is 0 Å². The van der Waals surface area contributed by atoms with Crippen LogP contribution in [-0.4, -0.2) is 66.0 Å². The average Bonchev–Trinajstić information content (AvgIpc) is 3.05. The van der Waals surface area contributed by atoms with Gasteiger partial charge in [-0.05, 0) is 25.0 Å². The second kappa shape index (κ2) is 9.42. The lowest BCUT2D eigenvalue weighted by Crippen LogP contribution is -2.49. The van der Waals surface area contributed by atoms with Crippen molar-refractivity contribution in [2.24, 2.45) is 0 Å². The number of piperazine rings is 1. The minimum absolute atomic E-state index is 0. The molecule has 0 saturated carbocycles. The van der Waals surface area contributed by atoms with Gasteiger partial charge in [0.05, 0.1) is 5.92 Å². The summed E-state index contributed by atoms with van der Waals surface area (Å²) in [6, 6.07) is 4.42. The van der Waals surface area contributed by atoms with Gasteiger partial charge >= 0.3 is 0 Å². The lowest BCUT2D eigenvalue weighted by atomic mass is 10.0. The molecule has 130 valence electrons. The molecule has 3 heterocycles. The average molecular weight is 361 g/mol. The van der Waals surface area contributed by atoms with E-state index in [2.05, 4.69) is 15.2 Å². The smallest absolute Gasteiger partial charge is 0.229 e. The molecule has 1 N–H and O–H groups in total. The van der Waals surface area contributed by atoms with Crippen LogP contribution in [0.15, 0.2) is 24.5 Å². The van der Waals surface area contributed by atoms with Crippen molar-refractivity contribution in [1.82, 2.24) is 20.1 Å². The Morgan fingerprint density at radius 3 is 2.70 bits per heavy atom.